The van der Waals surface area contributed by atoms with E-state index in [2.05, 4.69) is 0 Å². The third kappa shape index (κ3) is 1.59. The van der Waals surface area contributed by atoms with E-state index in [1.165, 1.54) is 22.6 Å². The van der Waals surface area contributed by atoms with Crippen LogP contribution in [0.1, 0.15) is 10.4 Å². The van der Waals surface area contributed by atoms with E-state index < -0.39 is 11.6 Å². The first-order chi connectivity index (χ1) is 5.57. The van der Waals surface area contributed by atoms with Crippen LogP contribution in [0.15, 0.2) is 6.07 Å². The first-order valence-electron chi connectivity index (χ1n) is 2.86. The summed E-state index contributed by atoms with van der Waals surface area (Å²) in [7, 11) is 0. The normalized spacial score (nSPS) is 10.0. The molecule has 5 heteroatoms. The Morgan fingerprint density at radius 2 is 2.08 bits per heavy atom. The summed E-state index contributed by atoms with van der Waals surface area (Å²) in [4.78, 5) is 10.3. The van der Waals surface area contributed by atoms with Gasteiger partial charge in [-0.2, -0.15) is 0 Å². The van der Waals surface area contributed by atoms with Crippen molar-refractivity contribution >= 4 is 40.5 Å². The predicted molar refractivity (Wildman–Crippen MR) is 49.5 cm³/mol. The van der Waals surface area contributed by atoms with Gasteiger partial charge in [0.25, 0.3) is 0 Å². The average Bonchev–Trinajstić information content (AvgIpc) is 2.01. The molecule has 0 aromatic heterocycles. The van der Waals surface area contributed by atoms with Crippen LogP contribution in [0, 0.1) is 15.2 Å². The molecule has 0 N–H and O–H groups in total. The Labute approximate surface area is 85.9 Å². The summed E-state index contributed by atoms with van der Waals surface area (Å²) in [6.45, 7) is 0. The molecule has 0 saturated carbocycles. The quantitative estimate of drug-likeness (QED) is 0.337. The largest absolute Gasteiger partial charge is 0.298 e. The molecule has 0 aliphatic carbocycles. The van der Waals surface area contributed by atoms with E-state index in [0.29, 0.717) is 0 Å². The van der Waals surface area contributed by atoms with Crippen molar-refractivity contribution in [3.05, 3.63) is 31.9 Å². The van der Waals surface area contributed by atoms with Gasteiger partial charge in [-0.15, -0.1) is 0 Å². The molecule has 0 bridgehead atoms. The Morgan fingerprint density at radius 3 is 2.58 bits per heavy atom. The van der Waals surface area contributed by atoms with E-state index in [-0.39, 0.29) is 20.4 Å². The fraction of sp³-hybridized carbons (Fsp3) is 0. The lowest BCUT2D eigenvalue weighted by atomic mass is 10.2. The minimum Gasteiger partial charge on any atom is -0.298 e. The van der Waals surface area contributed by atoms with Crippen LogP contribution < -0.4 is 0 Å². The van der Waals surface area contributed by atoms with Crippen LogP contribution in [0.25, 0.3) is 0 Å². The van der Waals surface area contributed by atoms with E-state index in [1.54, 1.807) is 0 Å². The summed E-state index contributed by atoms with van der Waals surface area (Å²) in [6.07, 6.45) is 0.263. The van der Waals surface area contributed by atoms with Crippen molar-refractivity contribution in [2.45, 2.75) is 0 Å². The van der Waals surface area contributed by atoms with Crippen LogP contribution >= 0.6 is 34.2 Å². The van der Waals surface area contributed by atoms with Crippen LogP contribution in [0.5, 0.6) is 0 Å². The van der Waals surface area contributed by atoms with Gasteiger partial charge in [-0.05, 0) is 28.7 Å². The molecular formula is C7H2ClF2IO. The van der Waals surface area contributed by atoms with Gasteiger partial charge in [0.05, 0.1) is 14.2 Å². The summed E-state index contributed by atoms with van der Waals surface area (Å²) in [6, 6.07) is 0.913. The number of rotatable bonds is 1. The van der Waals surface area contributed by atoms with Crippen LogP contribution in [0.2, 0.25) is 5.02 Å². The van der Waals surface area contributed by atoms with Gasteiger partial charge in [0, 0.05) is 0 Å². The van der Waals surface area contributed by atoms with Gasteiger partial charge in [-0.1, -0.05) is 11.6 Å². The number of carbonyl (C=O) groups excluding carboxylic acids is 1. The zero-order chi connectivity index (χ0) is 9.30. The van der Waals surface area contributed by atoms with Crippen LogP contribution in [0.4, 0.5) is 8.78 Å². The highest BCUT2D eigenvalue weighted by atomic mass is 127. The van der Waals surface area contributed by atoms with Crippen molar-refractivity contribution in [3.63, 3.8) is 0 Å². The van der Waals surface area contributed by atoms with Gasteiger partial charge in [0.2, 0.25) is 0 Å². The predicted octanol–water partition coefficient (Wildman–Crippen LogP) is 3.04. The Morgan fingerprint density at radius 1 is 1.50 bits per heavy atom. The summed E-state index contributed by atoms with van der Waals surface area (Å²) < 4.78 is 25.4. The third-order valence-electron chi connectivity index (χ3n) is 1.27. The van der Waals surface area contributed by atoms with Gasteiger partial charge < -0.3 is 0 Å². The molecule has 0 amide bonds. The minimum absolute atomic E-state index is 0.208. The molecule has 1 nitrogen and oxygen atoms in total. The van der Waals surface area contributed by atoms with Gasteiger partial charge in [-0.3, -0.25) is 4.79 Å². The number of hydrogen-bond acceptors (Lipinski definition) is 1. The van der Waals surface area contributed by atoms with E-state index in [9.17, 15) is 13.6 Å². The SMILES string of the molecule is O=Cc1c(Cl)cc(F)c(I)c1F. The summed E-state index contributed by atoms with van der Waals surface area (Å²) >= 11 is 6.86. The molecule has 1 rings (SSSR count). The topological polar surface area (TPSA) is 17.1 Å². The summed E-state index contributed by atoms with van der Waals surface area (Å²) in [5.41, 5.74) is -0.303. The molecule has 1 aromatic rings. The smallest absolute Gasteiger partial charge is 0.154 e. The molecule has 0 atom stereocenters. The lowest BCUT2D eigenvalue weighted by Gasteiger charge is -2.01. The molecule has 0 unspecified atom stereocenters. The fourth-order valence-electron chi connectivity index (χ4n) is 0.688. The minimum atomic E-state index is -0.907. The number of halogens is 4. The summed E-state index contributed by atoms with van der Waals surface area (Å²) in [5.74, 6) is -1.67. The fourth-order valence-corrected chi connectivity index (χ4v) is 1.36. The zero-order valence-electron chi connectivity index (χ0n) is 5.57. The molecule has 0 saturated heterocycles. The Hall–Kier alpha value is -0.230. The molecule has 0 fully saturated rings. The van der Waals surface area contributed by atoms with E-state index in [1.807, 2.05) is 0 Å². The first-order valence-corrected chi connectivity index (χ1v) is 4.31. The average molecular weight is 302 g/mol. The second-order valence-electron chi connectivity index (χ2n) is 2.00. The van der Waals surface area contributed by atoms with Gasteiger partial charge in [0.15, 0.2) is 12.1 Å². The van der Waals surface area contributed by atoms with Crippen molar-refractivity contribution in [1.82, 2.24) is 0 Å². The molecular weight excluding hydrogens is 300 g/mol. The summed E-state index contributed by atoms with van der Waals surface area (Å²) in [5, 5.41) is -0.208. The number of hydrogen-bond donors (Lipinski definition) is 0. The maximum atomic E-state index is 13.0. The maximum absolute atomic E-state index is 13.0. The molecule has 0 heterocycles. The van der Waals surface area contributed by atoms with Gasteiger partial charge >= 0.3 is 0 Å². The van der Waals surface area contributed by atoms with Gasteiger partial charge in [0.1, 0.15) is 5.82 Å². The molecule has 12 heavy (non-hydrogen) atoms. The second kappa shape index (κ2) is 3.66. The third-order valence-corrected chi connectivity index (χ3v) is 2.57. The molecule has 0 aliphatic heterocycles. The molecule has 0 aliphatic rings. The lowest BCUT2D eigenvalue weighted by Crippen LogP contribution is -1.96. The number of carbonyl (C=O) groups is 1. The highest BCUT2D eigenvalue weighted by Gasteiger charge is 2.14. The van der Waals surface area contributed by atoms with Crippen molar-refractivity contribution in [1.29, 1.82) is 0 Å². The lowest BCUT2D eigenvalue weighted by molar-refractivity contribution is 0.111. The highest BCUT2D eigenvalue weighted by molar-refractivity contribution is 14.1. The van der Waals surface area contributed by atoms with Crippen LogP contribution in [-0.2, 0) is 0 Å². The first kappa shape index (κ1) is 9.85. The molecule has 0 radical (unpaired) electrons. The standard InChI is InChI=1S/C7H2ClF2IO/c8-4-1-5(9)7(11)6(10)3(4)2-12/h1-2H. The highest BCUT2D eigenvalue weighted by Crippen LogP contribution is 2.24. The zero-order valence-corrected chi connectivity index (χ0v) is 8.49. The van der Waals surface area contributed by atoms with Crippen molar-refractivity contribution in [3.8, 4) is 0 Å². The molecule has 1 aromatic carbocycles. The number of benzene rings is 1. The monoisotopic (exact) mass is 302 g/mol. The van der Waals surface area contributed by atoms with Crippen molar-refractivity contribution < 1.29 is 13.6 Å². The molecule has 64 valence electrons. The van der Waals surface area contributed by atoms with Crippen LogP contribution in [0.3, 0.4) is 0 Å². The molecule has 0 spiro atoms. The Balaban J connectivity index is 3.51. The van der Waals surface area contributed by atoms with Gasteiger partial charge in [-0.25, -0.2) is 8.78 Å². The van der Waals surface area contributed by atoms with Crippen LogP contribution in [-0.4, -0.2) is 6.29 Å². The van der Waals surface area contributed by atoms with E-state index >= 15 is 0 Å². The van der Waals surface area contributed by atoms with Crippen molar-refractivity contribution in [2.75, 3.05) is 0 Å². The number of aldehydes is 1. The van der Waals surface area contributed by atoms with E-state index in [0.717, 1.165) is 6.07 Å². The second-order valence-corrected chi connectivity index (χ2v) is 3.49. The Kier molecular flexibility index (Phi) is 3.00. The van der Waals surface area contributed by atoms with Crippen molar-refractivity contribution in [2.24, 2.45) is 0 Å². The Bertz CT molecular complexity index is 341. The maximum Gasteiger partial charge on any atom is 0.154 e. The van der Waals surface area contributed by atoms with E-state index in [4.69, 9.17) is 11.6 Å².